The largest absolute Gasteiger partial charge is 0.416 e. The van der Waals surface area contributed by atoms with Crippen LogP contribution >= 0.6 is 11.3 Å². The number of thiazole rings is 1. The van der Waals surface area contributed by atoms with Crippen LogP contribution in [-0.4, -0.2) is 10.9 Å². The molecule has 0 fully saturated rings. The molecule has 0 aliphatic heterocycles. The molecule has 1 amide bonds. The van der Waals surface area contributed by atoms with Crippen molar-refractivity contribution < 1.29 is 18.0 Å². The summed E-state index contributed by atoms with van der Waals surface area (Å²) in [5.41, 5.74) is 1.76. The van der Waals surface area contributed by atoms with Gasteiger partial charge in [-0.15, -0.1) is 11.3 Å². The molecule has 0 unspecified atom stereocenters. The highest BCUT2D eigenvalue weighted by molar-refractivity contribution is 7.10. The first-order valence-corrected chi connectivity index (χ1v) is 8.68. The molecule has 0 saturated heterocycles. The van der Waals surface area contributed by atoms with Crippen LogP contribution < -0.4 is 5.32 Å². The molecule has 1 N–H and O–H groups in total. The van der Waals surface area contributed by atoms with Crippen molar-refractivity contribution in [2.75, 3.05) is 5.32 Å². The third-order valence-corrected chi connectivity index (χ3v) is 4.62. The second-order valence-electron chi connectivity index (χ2n) is 5.74. The number of benzene rings is 2. The third kappa shape index (κ3) is 4.29. The van der Waals surface area contributed by atoms with Crippen molar-refractivity contribution in [1.82, 2.24) is 4.98 Å². The molecule has 26 heavy (non-hydrogen) atoms. The molecule has 0 bridgehead atoms. The van der Waals surface area contributed by atoms with Crippen LogP contribution in [0.4, 0.5) is 18.9 Å². The lowest BCUT2D eigenvalue weighted by Gasteiger charge is -2.07. The molecule has 3 rings (SSSR count). The molecule has 1 aromatic heterocycles. The lowest BCUT2D eigenvalue weighted by Crippen LogP contribution is -2.14. The molecule has 3 aromatic rings. The number of hydrogen-bond acceptors (Lipinski definition) is 3. The van der Waals surface area contributed by atoms with E-state index in [0.29, 0.717) is 16.3 Å². The molecular formula is C19H15F3N2OS. The molecule has 0 aliphatic rings. The van der Waals surface area contributed by atoms with E-state index in [-0.39, 0.29) is 12.3 Å². The second-order valence-corrected chi connectivity index (χ2v) is 6.69. The molecule has 3 nitrogen and oxygen atoms in total. The Labute approximate surface area is 152 Å². The Kier molecular flexibility index (Phi) is 5.08. The van der Waals surface area contributed by atoms with Gasteiger partial charge in [-0.05, 0) is 30.7 Å². The monoisotopic (exact) mass is 376 g/mol. The van der Waals surface area contributed by atoms with E-state index in [2.05, 4.69) is 10.3 Å². The minimum absolute atomic E-state index is 0.0674. The summed E-state index contributed by atoms with van der Waals surface area (Å²) < 4.78 is 38.5. The standard InChI is InChI=1S/C19H15F3N2OS/c1-12-5-2-3-8-15(12)23-17(25)10-18-24-16(11-26-18)13-6-4-7-14(9-13)19(20,21)22/h2-9,11H,10H2,1H3,(H,23,25). The van der Waals surface area contributed by atoms with Crippen molar-refractivity contribution in [2.45, 2.75) is 19.5 Å². The van der Waals surface area contributed by atoms with E-state index in [4.69, 9.17) is 0 Å². The fraction of sp³-hybridized carbons (Fsp3) is 0.158. The fourth-order valence-corrected chi connectivity index (χ4v) is 3.23. The van der Waals surface area contributed by atoms with Crippen LogP contribution in [0.25, 0.3) is 11.3 Å². The third-order valence-electron chi connectivity index (χ3n) is 3.77. The maximum absolute atomic E-state index is 12.8. The summed E-state index contributed by atoms with van der Waals surface area (Å²) in [6.45, 7) is 1.89. The van der Waals surface area contributed by atoms with Crippen LogP contribution in [0.3, 0.4) is 0 Å². The van der Waals surface area contributed by atoms with Gasteiger partial charge in [-0.1, -0.05) is 30.3 Å². The molecule has 2 aromatic carbocycles. The number of amides is 1. The SMILES string of the molecule is Cc1ccccc1NC(=O)Cc1nc(-c2cccc(C(F)(F)F)c2)cs1. The van der Waals surface area contributed by atoms with Gasteiger partial charge < -0.3 is 5.32 Å². The molecule has 1 heterocycles. The first-order valence-electron chi connectivity index (χ1n) is 7.80. The van der Waals surface area contributed by atoms with E-state index in [1.807, 2.05) is 31.2 Å². The van der Waals surface area contributed by atoms with Gasteiger partial charge in [0, 0.05) is 16.6 Å². The van der Waals surface area contributed by atoms with Crippen molar-refractivity contribution in [3.63, 3.8) is 0 Å². The quantitative estimate of drug-likeness (QED) is 0.670. The number of nitrogens with zero attached hydrogens (tertiary/aromatic N) is 1. The number of nitrogens with one attached hydrogen (secondary N) is 1. The zero-order valence-electron chi connectivity index (χ0n) is 13.8. The Hall–Kier alpha value is -2.67. The van der Waals surface area contributed by atoms with E-state index in [0.717, 1.165) is 23.4 Å². The van der Waals surface area contributed by atoms with Gasteiger partial charge in [0.05, 0.1) is 17.7 Å². The minimum Gasteiger partial charge on any atom is -0.325 e. The molecule has 0 spiro atoms. The van der Waals surface area contributed by atoms with Gasteiger partial charge in [-0.2, -0.15) is 13.2 Å². The topological polar surface area (TPSA) is 42.0 Å². The van der Waals surface area contributed by atoms with Gasteiger partial charge >= 0.3 is 6.18 Å². The highest BCUT2D eigenvalue weighted by atomic mass is 32.1. The number of alkyl halides is 3. The average Bonchev–Trinajstić information content (AvgIpc) is 3.05. The number of para-hydroxylation sites is 1. The molecule has 0 aliphatic carbocycles. The van der Waals surface area contributed by atoms with Gasteiger partial charge in [0.2, 0.25) is 5.91 Å². The van der Waals surface area contributed by atoms with Crippen molar-refractivity contribution in [1.29, 1.82) is 0 Å². The van der Waals surface area contributed by atoms with Gasteiger partial charge in [0.1, 0.15) is 5.01 Å². The lowest BCUT2D eigenvalue weighted by molar-refractivity contribution is -0.137. The zero-order chi connectivity index (χ0) is 18.7. The number of aromatic nitrogens is 1. The molecular weight excluding hydrogens is 361 g/mol. The predicted octanol–water partition coefficient (Wildman–Crippen LogP) is 5.32. The van der Waals surface area contributed by atoms with Gasteiger partial charge in [-0.25, -0.2) is 4.98 Å². The summed E-state index contributed by atoms with van der Waals surface area (Å²) in [6, 6.07) is 12.4. The maximum atomic E-state index is 12.8. The van der Waals surface area contributed by atoms with Gasteiger partial charge in [0.25, 0.3) is 0 Å². The van der Waals surface area contributed by atoms with Gasteiger partial charge in [-0.3, -0.25) is 4.79 Å². The molecule has 7 heteroatoms. The number of aryl methyl sites for hydroxylation is 1. The van der Waals surface area contributed by atoms with Crippen molar-refractivity contribution >= 4 is 22.9 Å². The molecule has 134 valence electrons. The smallest absolute Gasteiger partial charge is 0.325 e. The predicted molar refractivity (Wildman–Crippen MR) is 96.1 cm³/mol. The van der Waals surface area contributed by atoms with Crippen LogP contribution in [0.15, 0.2) is 53.9 Å². The van der Waals surface area contributed by atoms with Crippen molar-refractivity contribution in [3.05, 3.63) is 70.0 Å². The Bertz CT molecular complexity index is 934. The van der Waals surface area contributed by atoms with Crippen molar-refractivity contribution in [3.8, 4) is 11.3 Å². The number of hydrogen-bond donors (Lipinski definition) is 1. The van der Waals surface area contributed by atoms with Gasteiger partial charge in [0.15, 0.2) is 0 Å². The van der Waals surface area contributed by atoms with Crippen LogP contribution in [0.1, 0.15) is 16.1 Å². The number of rotatable bonds is 4. The number of carbonyl (C=O) groups is 1. The van der Waals surface area contributed by atoms with E-state index < -0.39 is 11.7 Å². The Balaban J connectivity index is 1.72. The van der Waals surface area contributed by atoms with E-state index in [9.17, 15) is 18.0 Å². The first-order chi connectivity index (χ1) is 12.3. The Morgan fingerprint density at radius 2 is 1.92 bits per heavy atom. The van der Waals surface area contributed by atoms with E-state index in [1.54, 1.807) is 11.4 Å². The summed E-state index contributed by atoms with van der Waals surface area (Å²) in [6.07, 6.45) is -4.33. The number of anilines is 1. The summed E-state index contributed by atoms with van der Waals surface area (Å²) >= 11 is 1.25. The highest BCUT2D eigenvalue weighted by Crippen LogP contribution is 2.32. The van der Waals surface area contributed by atoms with Crippen LogP contribution in [-0.2, 0) is 17.4 Å². The van der Waals surface area contributed by atoms with Crippen LogP contribution in [0, 0.1) is 6.92 Å². The molecule has 0 saturated carbocycles. The number of halogens is 3. The van der Waals surface area contributed by atoms with E-state index >= 15 is 0 Å². The number of carbonyl (C=O) groups excluding carboxylic acids is 1. The molecule has 0 radical (unpaired) electrons. The summed E-state index contributed by atoms with van der Waals surface area (Å²) in [5.74, 6) is -0.218. The van der Waals surface area contributed by atoms with Crippen LogP contribution in [0.5, 0.6) is 0 Å². The summed E-state index contributed by atoms with van der Waals surface area (Å²) in [7, 11) is 0. The van der Waals surface area contributed by atoms with Crippen LogP contribution in [0.2, 0.25) is 0 Å². The average molecular weight is 376 g/mol. The maximum Gasteiger partial charge on any atom is 0.416 e. The lowest BCUT2D eigenvalue weighted by atomic mass is 10.1. The summed E-state index contributed by atoms with van der Waals surface area (Å²) in [4.78, 5) is 16.5. The van der Waals surface area contributed by atoms with Crippen molar-refractivity contribution in [2.24, 2.45) is 0 Å². The molecule has 0 atom stereocenters. The zero-order valence-corrected chi connectivity index (χ0v) is 14.6. The van der Waals surface area contributed by atoms with E-state index in [1.165, 1.54) is 17.4 Å². The minimum atomic E-state index is -4.40. The first kappa shape index (κ1) is 18.1. The Morgan fingerprint density at radius 1 is 1.15 bits per heavy atom. The summed E-state index contributed by atoms with van der Waals surface area (Å²) in [5, 5.41) is 5.02. The highest BCUT2D eigenvalue weighted by Gasteiger charge is 2.30. The normalized spacial score (nSPS) is 11.4. The Morgan fingerprint density at radius 3 is 2.65 bits per heavy atom. The second kappa shape index (κ2) is 7.29. The fourth-order valence-electron chi connectivity index (χ4n) is 2.42.